The highest BCUT2D eigenvalue weighted by Gasteiger charge is 2.31. The SMILES string of the molecule is Cc1ccc(N(CCCC(=O)N(Cc2ccc(F)cc2)[C@H](Cc2ccccc2)C(=O)NC(C)C)S(C)(=O)=O)cc1C. The number of aryl methyl sites for hydroxylation is 2. The van der Waals surface area contributed by atoms with Crippen molar-refractivity contribution in [2.75, 3.05) is 17.1 Å². The second-order valence-electron chi connectivity index (χ2n) is 10.7. The maximum atomic E-state index is 13.8. The van der Waals surface area contributed by atoms with Crippen molar-refractivity contribution in [3.8, 4) is 0 Å². The fourth-order valence-corrected chi connectivity index (χ4v) is 5.56. The lowest BCUT2D eigenvalue weighted by Gasteiger charge is -2.32. The number of nitrogens with zero attached hydrogens (tertiary/aromatic N) is 2. The second kappa shape index (κ2) is 14.3. The second-order valence-corrected chi connectivity index (χ2v) is 12.6. The number of nitrogens with one attached hydrogen (secondary N) is 1. The first kappa shape index (κ1) is 31.8. The van der Waals surface area contributed by atoms with Crippen LogP contribution in [0.1, 0.15) is 48.9 Å². The number of carbonyl (C=O) groups excluding carboxylic acids is 2. The summed E-state index contributed by atoms with van der Waals surface area (Å²) < 4.78 is 40.3. The van der Waals surface area contributed by atoms with Crippen LogP contribution in [0.3, 0.4) is 0 Å². The minimum Gasteiger partial charge on any atom is -0.352 e. The van der Waals surface area contributed by atoms with Gasteiger partial charge in [-0.2, -0.15) is 0 Å². The molecule has 3 aromatic rings. The van der Waals surface area contributed by atoms with Crippen molar-refractivity contribution in [3.05, 3.63) is 101 Å². The number of benzene rings is 3. The zero-order valence-corrected chi connectivity index (χ0v) is 25.2. The highest BCUT2D eigenvalue weighted by molar-refractivity contribution is 7.92. The van der Waals surface area contributed by atoms with Gasteiger partial charge in [0, 0.05) is 32.0 Å². The van der Waals surface area contributed by atoms with E-state index >= 15 is 0 Å². The first-order valence-electron chi connectivity index (χ1n) is 13.8. The molecular weight excluding hydrogens is 541 g/mol. The van der Waals surface area contributed by atoms with Gasteiger partial charge in [-0.1, -0.05) is 48.5 Å². The summed E-state index contributed by atoms with van der Waals surface area (Å²) in [5.74, 6) is -0.966. The van der Waals surface area contributed by atoms with Gasteiger partial charge in [0.05, 0.1) is 11.9 Å². The molecule has 9 heteroatoms. The summed E-state index contributed by atoms with van der Waals surface area (Å²) in [6, 6.07) is 19.8. The van der Waals surface area contributed by atoms with Crippen LogP contribution < -0.4 is 9.62 Å². The van der Waals surface area contributed by atoms with Crippen LogP contribution >= 0.6 is 0 Å². The quantitative estimate of drug-likeness (QED) is 0.302. The Labute approximate surface area is 243 Å². The average Bonchev–Trinajstić information content (AvgIpc) is 2.90. The van der Waals surface area contributed by atoms with Crippen molar-refractivity contribution in [2.24, 2.45) is 0 Å². The molecule has 3 aromatic carbocycles. The number of rotatable bonds is 13. The highest BCUT2D eigenvalue weighted by Crippen LogP contribution is 2.23. The topological polar surface area (TPSA) is 86.8 Å². The van der Waals surface area contributed by atoms with Crippen LogP contribution in [0.15, 0.2) is 72.8 Å². The number of hydrogen-bond acceptors (Lipinski definition) is 4. The van der Waals surface area contributed by atoms with Gasteiger partial charge in [-0.3, -0.25) is 13.9 Å². The number of amides is 2. The third-order valence-corrected chi connectivity index (χ3v) is 8.09. The maximum absolute atomic E-state index is 13.8. The Kier molecular flexibility index (Phi) is 11.1. The molecule has 7 nitrogen and oxygen atoms in total. The molecule has 0 fully saturated rings. The number of hydrogen-bond donors (Lipinski definition) is 1. The third kappa shape index (κ3) is 9.42. The van der Waals surface area contributed by atoms with E-state index in [2.05, 4.69) is 5.32 Å². The van der Waals surface area contributed by atoms with E-state index in [0.717, 1.165) is 22.9 Å². The van der Waals surface area contributed by atoms with E-state index in [1.807, 2.05) is 70.2 Å². The summed E-state index contributed by atoms with van der Waals surface area (Å²) in [4.78, 5) is 28.8. The van der Waals surface area contributed by atoms with E-state index in [-0.39, 0.29) is 43.8 Å². The molecule has 0 aromatic heterocycles. The van der Waals surface area contributed by atoms with Crippen LogP contribution in [0.25, 0.3) is 0 Å². The summed E-state index contributed by atoms with van der Waals surface area (Å²) in [7, 11) is -3.59. The van der Waals surface area contributed by atoms with Gasteiger partial charge in [-0.15, -0.1) is 0 Å². The van der Waals surface area contributed by atoms with Gasteiger partial charge < -0.3 is 10.2 Å². The molecule has 0 aliphatic carbocycles. The fourth-order valence-electron chi connectivity index (χ4n) is 4.61. The van der Waals surface area contributed by atoms with Gasteiger partial charge in [-0.05, 0) is 80.6 Å². The minimum atomic E-state index is -3.59. The van der Waals surface area contributed by atoms with Crippen LogP contribution in [-0.2, 0) is 32.6 Å². The summed E-state index contributed by atoms with van der Waals surface area (Å²) in [6.45, 7) is 7.81. The largest absolute Gasteiger partial charge is 0.352 e. The molecule has 0 saturated carbocycles. The van der Waals surface area contributed by atoms with E-state index in [0.29, 0.717) is 17.7 Å². The molecule has 1 N–H and O–H groups in total. The maximum Gasteiger partial charge on any atom is 0.243 e. The van der Waals surface area contributed by atoms with E-state index < -0.39 is 21.9 Å². The van der Waals surface area contributed by atoms with Crippen molar-refractivity contribution < 1.29 is 22.4 Å². The van der Waals surface area contributed by atoms with Gasteiger partial charge in [0.2, 0.25) is 21.8 Å². The number of anilines is 1. The molecule has 0 aliphatic heterocycles. The zero-order chi connectivity index (χ0) is 30.2. The van der Waals surface area contributed by atoms with Gasteiger partial charge in [0.1, 0.15) is 11.9 Å². The molecule has 0 unspecified atom stereocenters. The Bertz CT molecular complexity index is 1430. The van der Waals surface area contributed by atoms with Crippen molar-refractivity contribution in [3.63, 3.8) is 0 Å². The van der Waals surface area contributed by atoms with Gasteiger partial charge in [0.15, 0.2) is 0 Å². The predicted molar refractivity (Wildman–Crippen MR) is 162 cm³/mol. The molecule has 0 spiro atoms. The summed E-state index contributed by atoms with van der Waals surface area (Å²) in [6.07, 6.45) is 1.72. The number of carbonyl (C=O) groups is 2. The molecule has 0 radical (unpaired) electrons. The minimum absolute atomic E-state index is 0.0261. The van der Waals surface area contributed by atoms with Gasteiger partial charge in [-0.25, -0.2) is 12.8 Å². The van der Waals surface area contributed by atoms with Crippen LogP contribution in [0.5, 0.6) is 0 Å². The van der Waals surface area contributed by atoms with E-state index in [9.17, 15) is 22.4 Å². The number of sulfonamides is 1. The molecule has 0 aliphatic rings. The fraction of sp³-hybridized carbons (Fsp3) is 0.375. The Hall–Kier alpha value is -3.72. The lowest BCUT2D eigenvalue weighted by Crippen LogP contribution is -2.51. The summed E-state index contributed by atoms with van der Waals surface area (Å²) >= 11 is 0. The Balaban J connectivity index is 1.88. The monoisotopic (exact) mass is 581 g/mol. The molecule has 3 rings (SSSR count). The molecule has 2 amide bonds. The van der Waals surface area contributed by atoms with E-state index in [4.69, 9.17) is 0 Å². The third-order valence-electron chi connectivity index (χ3n) is 6.90. The molecule has 0 heterocycles. The van der Waals surface area contributed by atoms with Crippen LogP contribution in [0.4, 0.5) is 10.1 Å². The smallest absolute Gasteiger partial charge is 0.243 e. The normalized spacial score (nSPS) is 12.2. The molecular formula is C32H40FN3O4S. The van der Waals surface area contributed by atoms with Gasteiger partial charge >= 0.3 is 0 Å². The van der Waals surface area contributed by atoms with Crippen molar-refractivity contribution >= 4 is 27.5 Å². The average molecular weight is 582 g/mol. The van der Waals surface area contributed by atoms with Crippen LogP contribution in [0, 0.1) is 19.7 Å². The van der Waals surface area contributed by atoms with E-state index in [1.54, 1.807) is 18.2 Å². The Morgan fingerprint density at radius 3 is 2.15 bits per heavy atom. The van der Waals surface area contributed by atoms with Gasteiger partial charge in [0.25, 0.3) is 0 Å². The highest BCUT2D eigenvalue weighted by atomic mass is 32.2. The number of halogens is 1. The molecule has 41 heavy (non-hydrogen) atoms. The van der Waals surface area contributed by atoms with Crippen LogP contribution in [0.2, 0.25) is 0 Å². The summed E-state index contributed by atoms with van der Waals surface area (Å²) in [5, 5.41) is 2.94. The lowest BCUT2D eigenvalue weighted by molar-refractivity contribution is -0.141. The molecule has 1 atom stereocenters. The lowest BCUT2D eigenvalue weighted by atomic mass is 10.0. The summed E-state index contributed by atoms with van der Waals surface area (Å²) in [5.41, 5.74) is 4.15. The van der Waals surface area contributed by atoms with Crippen molar-refractivity contribution in [2.45, 2.75) is 65.6 Å². The Morgan fingerprint density at radius 1 is 0.902 bits per heavy atom. The molecule has 220 valence electrons. The van der Waals surface area contributed by atoms with Crippen LogP contribution in [-0.4, -0.2) is 50.0 Å². The first-order valence-corrected chi connectivity index (χ1v) is 15.6. The van der Waals surface area contributed by atoms with Crippen molar-refractivity contribution in [1.82, 2.24) is 10.2 Å². The first-order chi connectivity index (χ1) is 19.3. The van der Waals surface area contributed by atoms with Crippen molar-refractivity contribution in [1.29, 1.82) is 0 Å². The zero-order valence-electron chi connectivity index (χ0n) is 24.4. The Morgan fingerprint density at radius 2 is 1.56 bits per heavy atom. The molecule has 0 bridgehead atoms. The standard InChI is InChI=1S/C32H40FN3O4S/c1-23(2)34-32(38)30(21-26-10-7-6-8-11-26)35(22-27-14-16-28(33)17-15-27)31(37)12-9-19-36(41(5,39)40)29-18-13-24(3)25(4)20-29/h6-8,10-11,13-18,20,23,30H,9,12,19,21-22H2,1-5H3,(H,34,38)/t30-/m1/s1. The molecule has 0 saturated heterocycles. The van der Waals surface area contributed by atoms with E-state index in [1.165, 1.54) is 21.3 Å². The predicted octanol–water partition coefficient (Wildman–Crippen LogP) is 5.15.